The van der Waals surface area contributed by atoms with Crippen LogP contribution in [-0.4, -0.2) is 35.3 Å². The van der Waals surface area contributed by atoms with Crippen LogP contribution in [0.15, 0.2) is 12.3 Å². The molecule has 1 aliphatic carbocycles. The van der Waals surface area contributed by atoms with Gasteiger partial charge in [0.1, 0.15) is 0 Å². The minimum Gasteiger partial charge on any atom is -0.481 e. The Kier molecular flexibility index (Phi) is 4.05. The average molecular weight is 277 g/mol. The van der Waals surface area contributed by atoms with Crippen LogP contribution in [0.25, 0.3) is 0 Å². The Bertz CT molecular complexity index is 441. The van der Waals surface area contributed by atoms with E-state index in [0.29, 0.717) is 17.9 Å². The first-order valence-corrected chi connectivity index (χ1v) is 7.57. The molecule has 5 nitrogen and oxygen atoms in total. The van der Waals surface area contributed by atoms with Crippen molar-refractivity contribution in [1.29, 1.82) is 0 Å². The largest absolute Gasteiger partial charge is 0.481 e. The van der Waals surface area contributed by atoms with Crippen LogP contribution in [0.1, 0.15) is 44.9 Å². The molecule has 1 aromatic rings. The van der Waals surface area contributed by atoms with E-state index in [1.807, 2.05) is 0 Å². The SMILES string of the molecule is COc1ccnc(NC2CCOC3(CCCCC3)C2)n1. The molecule has 1 saturated heterocycles. The molecule has 2 aliphatic rings. The molecule has 110 valence electrons. The Labute approximate surface area is 120 Å². The summed E-state index contributed by atoms with van der Waals surface area (Å²) < 4.78 is 11.3. The number of nitrogens with one attached hydrogen (secondary N) is 1. The van der Waals surface area contributed by atoms with Gasteiger partial charge in [-0.15, -0.1) is 0 Å². The Morgan fingerprint density at radius 3 is 3.00 bits per heavy atom. The molecule has 2 fully saturated rings. The number of rotatable bonds is 3. The predicted molar refractivity (Wildman–Crippen MR) is 77.0 cm³/mol. The summed E-state index contributed by atoms with van der Waals surface area (Å²) in [6, 6.07) is 2.16. The van der Waals surface area contributed by atoms with Crippen LogP contribution >= 0.6 is 0 Å². The molecule has 1 aliphatic heterocycles. The van der Waals surface area contributed by atoms with Crippen molar-refractivity contribution in [2.24, 2.45) is 0 Å². The maximum Gasteiger partial charge on any atom is 0.226 e. The Morgan fingerprint density at radius 2 is 2.20 bits per heavy atom. The lowest BCUT2D eigenvalue weighted by Gasteiger charge is -2.43. The first-order valence-electron chi connectivity index (χ1n) is 7.57. The molecule has 1 aromatic heterocycles. The van der Waals surface area contributed by atoms with Gasteiger partial charge < -0.3 is 14.8 Å². The third-order valence-electron chi connectivity index (χ3n) is 4.43. The highest BCUT2D eigenvalue weighted by molar-refractivity contribution is 5.29. The molecule has 1 atom stereocenters. The number of aromatic nitrogens is 2. The third-order valence-corrected chi connectivity index (χ3v) is 4.43. The fraction of sp³-hybridized carbons (Fsp3) is 0.733. The highest BCUT2D eigenvalue weighted by Crippen LogP contribution is 2.39. The summed E-state index contributed by atoms with van der Waals surface area (Å²) in [5, 5.41) is 3.44. The molecule has 0 radical (unpaired) electrons. The van der Waals surface area contributed by atoms with Gasteiger partial charge in [-0.25, -0.2) is 4.98 Å². The molecule has 1 unspecified atom stereocenters. The topological polar surface area (TPSA) is 56.3 Å². The van der Waals surface area contributed by atoms with E-state index >= 15 is 0 Å². The van der Waals surface area contributed by atoms with Crippen LogP contribution in [0.3, 0.4) is 0 Å². The lowest BCUT2D eigenvalue weighted by Crippen LogP contribution is -2.45. The molecule has 0 aromatic carbocycles. The molecule has 2 heterocycles. The van der Waals surface area contributed by atoms with Crippen molar-refractivity contribution >= 4 is 5.95 Å². The Hall–Kier alpha value is -1.36. The van der Waals surface area contributed by atoms with Crippen molar-refractivity contribution in [3.63, 3.8) is 0 Å². The van der Waals surface area contributed by atoms with E-state index in [1.165, 1.54) is 32.1 Å². The normalized spacial score (nSPS) is 25.4. The quantitative estimate of drug-likeness (QED) is 0.920. The summed E-state index contributed by atoms with van der Waals surface area (Å²) in [6.45, 7) is 0.835. The van der Waals surface area contributed by atoms with E-state index in [4.69, 9.17) is 9.47 Å². The van der Waals surface area contributed by atoms with Crippen LogP contribution in [-0.2, 0) is 4.74 Å². The van der Waals surface area contributed by atoms with Crippen LogP contribution in [0.4, 0.5) is 5.95 Å². The molecule has 0 amide bonds. The number of methoxy groups -OCH3 is 1. The van der Waals surface area contributed by atoms with Crippen LogP contribution in [0, 0.1) is 0 Å². The minimum absolute atomic E-state index is 0.104. The third kappa shape index (κ3) is 3.03. The molecule has 0 bridgehead atoms. The summed E-state index contributed by atoms with van der Waals surface area (Å²) in [5.74, 6) is 1.25. The number of hydrogen-bond donors (Lipinski definition) is 1. The van der Waals surface area contributed by atoms with Crippen molar-refractivity contribution < 1.29 is 9.47 Å². The van der Waals surface area contributed by atoms with Gasteiger partial charge in [0.05, 0.1) is 12.7 Å². The zero-order valence-corrected chi connectivity index (χ0v) is 12.1. The zero-order chi connectivity index (χ0) is 13.8. The van der Waals surface area contributed by atoms with Crippen molar-refractivity contribution in [2.45, 2.75) is 56.6 Å². The summed E-state index contributed by atoms with van der Waals surface area (Å²) in [7, 11) is 1.62. The van der Waals surface area contributed by atoms with Crippen LogP contribution in [0.2, 0.25) is 0 Å². The van der Waals surface area contributed by atoms with Gasteiger partial charge in [-0.3, -0.25) is 0 Å². The summed E-state index contributed by atoms with van der Waals surface area (Å²) in [6.07, 6.45) is 10.1. The second-order valence-corrected chi connectivity index (χ2v) is 5.85. The van der Waals surface area contributed by atoms with Gasteiger partial charge in [0.2, 0.25) is 11.8 Å². The molecule has 1 saturated carbocycles. The van der Waals surface area contributed by atoms with Gasteiger partial charge in [0.25, 0.3) is 0 Å². The van der Waals surface area contributed by atoms with Gasteiger partial charge in [-0.2, -0.15) is 4.98 Å². The van der Waals surface area contributed by atoms with Gasteiger partial charge in [0, 0.05) is 24.9 Å². The Balaban J connectivity index is 1.64. The monoisotopic (exact) mass is 277 g/mol. The molecule has 1 spiro atoms. The van der Waals surface area contributed by atoms with Crippen molar-refractivity contribution in [3.8, 4) is 5.88 Å². The van der Waals surface area contributed by atoms with Crippen LogP contribution < -0.4 is 10.1 Å². The first-order chi connectivity index (χ1) is 9.80. The van der Waals surface area contributed by atoms with E-state index < -0.39 is 0 Å². The number of anilines is 1. The fourth-order valence-electron chi connectivity index (χ4n) is 3.40. The smallest absolute Gasteiger partial charge is 0.226 e. The van der Waals surface area contributed by atoms with Crippen molar-refractivity contribution in [1.82, 2.24) is 9.97 Å². The highest BCUT2D eigenvalue weighted by Gasteiger charge is 2.38. The van der Waals surface area contributed by atoms with E-state index in [1.54, 1.807) is 19.4 Å². The number of ether oxygens (including phenoxy) is 2. The predicted octanol–water partition coefficient (Wildman–Crippen LogP) is 2.78. The van der Waals surface area contributed by atoms with Crippen molar-refractivity contribution in [2.75, 3.05) is 19.0 Å². The van der Waals surface area contributed by atoms with Gasteiger partial charge in [-0.05, 0) is 25.7 Å². The van der Waals surface area contributed by atoms with E-state index in [0.717, 1.165) is 19.4 Å². The van der Waals surface area contributed by atoms with Gasteiger partial charge in [0.15, 0.2) is 0 Å². The fourth-order valence-corrected chi connectivity index (χ4v) is 3.40. The molecular formula is C15H23N3O2. The van der Waals surface area contributed by atoms with Gasteiger partial charge >= 0.3 is 0 Å². The summed E-state index contributed by atoms with van der Waals surface area (Å²) in [5.41, 5.74) is 0.104. The van der Waals surface area contributed by atoms with E-state index in [2.05, 4.69) is 15.3 Å². The lowest BCUT2D eigenvalue weighted by atomic mass is 9.78. The molecule has 1 N–H and O–H groups in total. The van der Waals surface area contributed by atoms with E-state index in [-0.39, 0.29) is 5.60 Å². The van der Waals surface area contributed by atoms with Gasteiger partial charge in [-0.1, -0.05) is 19.3 Å². The molecular weight excluding hydrogens is 254 g/mol. The average Bonchev–Trinajstić information content (AvgIpc) is 2.48. The minimum atomic E-state index is 0.104. The summed E-state index contributed by atoms with van der Waals surface area (Å²) in [4.78, 5) is 8.61. The number of nitrogens with zero attached hydrogens (tertiary/aromatic N) is 2. The molecule has 5 heteroatoms. The first kappa shape index (κ1) is 13.6. The maximum atomic E-state index is 6.11. The Morgan fingerprint density at radius 1 is 1.35 bits per heavy atom. The van der Waals surface area contributed by atoms with E-state index in [9.17, 15) is 0 Å². The number of hydrogen-bond acceptors (Lipinski definition) is 5. The summed E-state index contributed by atoms with van der Waals surface area (Å²) >= 11 is 0. The zero-order valence-electron chi connectivity index (χ0n) is 12.1. The lowest BCUT2D eigenvalue weighted by molar-refractivity contribution is -0.103. The van der Waals surface area contributed by atoms with Crippen LogP contribution in [0.5, 0.6) is 5.88 Å². The molecule has 3 rings (SSSR count). The maximum absolute atomic E-state index is 6.11. The second kappa shape index (κ2) is 5.95. The highest BCUT2D eigenvalue weighted by atomic mass is 16.5. The second-order valence-electron chi connectivity index (χ2n) is 5.85. The van der Waals surface area contributed by atoms with Crippen molar-refractivity contribution in [3.05, 3.63) is 12.3 Å². The molecule has 20 heavy (non-hydrogen) atoms. The standard InChI is InChI=1S/C15H23N3O2/c1-19-13-5-9-16-14(18-13)17-12-6-10-20-15(11-12)7-3-2-4-8-15/h5,9,12H,2-4,6-8,10-11H2,1H3,(H,16,17,18).